The predicted octanol–water partition coefficient (Wildman–Crippen LogP) is 7.06. The summed E-state index contributed by atoms with van der Waals surface area (Å²) < 4.78 is 0. The molecule has 0 aliphatic rings. The average molecular weight is 454 g/mol. The van der Waals surface area contributed by atoms with Gasteiger partial charge in [0.2, 0.25) is 0 Å². The molecule has 1 heterocycles. The largest absolute Gasteiger partial charge is 0.505 e. The summed E-state index contributed by atoms with van der Waals surface area (Å²) in [4.78, 5) is 1.46. The van der Waals surface area contributed by atoms with Gasteiger partial charge in [-0.25, -0.2) is 0 Å². The highest BCUT2D eigenvalue weighted by molar-refractivity contribution is 6.33. The zero-order valence-corrected chi connectivity index (χ0v) is 19.8. The van der Waals surface area contributed by atoms with E-state index in [1.54, 1.807) is 12.1 Å². The number of fused-ring (bicyclic) bond motifs is 1. The lowest BCUT2D eigenvalue weighted by Gasteiger charge is -2.32. The lowest BCUT2D eigenvalue weighted by atomic mass is 9.74. The van der Waals surface area contributed by atoms with Gasteiger partial charge in [0, 0.05) is 16.0 Å². The van der Waals surface area contributed by atoms with Gasteiger partial charge in [-0.15, -0.1) is 15.0 Å². The van der Waals surface area contributed by atoms with Crippen molar-refractivity contribution in [2.45, 2.75) is 45.4 Å². The second-order valence-corrected chi connectivity index (χ2v) is 10.2. The SMILES string of the molecule is CC(C)(C)c1cc(-n2nc3ccc(Cl)cc3n2)c(O)c(C(C)(C)c2ccccc2)c1Cl. The van der Waals surface area contributed by atoms with Crippen molar-refractivity contribution in [1.82, 2.24) is 15.0 Å². The van der Waals surface area contributed by atoms with Crippen molar-refractivity contribution in [2.24, 2.45) is 0 Å². The van der Waals surface area contributed by atoms with Crippen molar-refractivity contribution in [2.75, 3.05) is 0 Å². The van der Waals surface area contributed by atoms with Crippen LogP contribution < -0.4 is 0 Å². The minimum atomic E-state index is -0.547. The second kappa shape index (κ2) is 7.54. The van der Waals surface area contributed by atoms with Crippen LogP contribution in [0.2, 0.25) is 10.0 Å². The first kappa shape index (κ1) is 21.7. The molecule has 0 unspecified atom stereocenters. The quantitative estimate of drug-likeness (QED) is 0.361. The Hall–Kier alpha value is -2.56. The molecule has 0 atom stereocenters. The Morgan fingerprint density at radius 3 is 2.13 bits per heavy atom. The Morgan fingerprint density at radius 2 is 1.48 bits per heavy atom. The van der Waals surface area contributed by atoms with E-state index in [0.29, 0.717) is 32.3 Å². The molecule has 31 heavy (non-hydrogen) atoms. The van der Waals surface area contributed by atoms with Crippen molar-refractivity contribution in [3.05, 3.63) is 81.3 Å². The summed E-state index contributed by atoms with van der Waals surface area (Å²) in [6.45, 7) is 10.4. The molecule has 0 aliphatic carbocycles. The van der Waals surface area contributed by atoms with E-state index >= 15 is 0 Å². The molecule has 4 nitrogen and oxygen atoms in total. The first-order valence-electron chi connectivity index (χ1n) is 10.1. The smallest absolute Gasteiger partial charge is 0.148 e. The third-order valence-electron chi connectivity index (χ3n) is 5.70. The summed E-state index contributed by atoms with van der Waals surface area (Å²) in [5.41, 5.74) is 3.66. The monoisotopic (exact) mass is 453 g/mol. The lowest BCUT2D eigenvalue weighted by molar-refractivity contribution is 0.444. The van der Waals surface area contributed by atoms with E-state index in [4.69, 9.17) is 23.2 Å². The van der Waals surface area contributed by atoms with E-state index in [0.717, 1.165) is 11.1 Å². The number of aromatic nitrogens is 3. The summed E-state index contributed by atoms with van der Waals surface area (Å²) in [5.74, 6) is 0.0678. The van der Waals surface area contributed by atoms with Gasteiger partial charge in [-0.3, -0.25) is 0 Å². The maximum Gasteiger partial charge on any atom is 0.148 e. The van der Waals surface area contributed by atoms with Crippen molar-refractivity contribution in [3.8, 4) is 11.4 Å². The van der Waals surface area contributed by atoms with Gasteiger partial charge in [-0.2, -0.15) is 0 Å². The van der Waals surface area contributed by atoms with E-state index in [1.165, 1.54) is 4.80 Å². The fourth-order valence-corrected chi connectivity index (χ4v) is 4.73. The number of halogens is 2. The maximum absolute atomic E-state index is 11.5. The second-order valence-electron chi connectivity index (χ2n) is 9.34. The molecule has 0 radical (unpaired) electrons. The summed E-state index contributed by atoms with van der Waals surface area (Å²) in [7, 11) is 0. The highest BCUT2D eigenvalue weighted by Crippen LogP contribution is 2.47. The number of phenolic OH excluding ortho intramolecular Hbond substituents is 1. The molecule has 1 aromatic heterocycles. The van der Waals surface area contributed by atoms with Gasteiger partial charge < -0.3 is 5.11 Å². The van der Waals surface area contributed by atoms with Crippen molar-refractivity contribution < 1.29 is 5.11 Å². The normalized spacial score (nSPS) is 12.5. The number of aromatic hydroxyl groups is 1. The third kappa shape index (κ3) is 3.79. The van der Waals surface area contributed by atoms with E-state index in [1.807, 2.05) is 42.5 Å². The van der Waals surface area contributed by atoms with Gasteiger partial charge in [0.05, 0.1) is 5.02 Å². The zero-order valence-electron chi connectivity index (χ0n) is 18.2. The van der Waals surface area contributed by atoms with E-state index in [9.17, 15) is 5.11 Å². The van der Waals surface area contributed by atoms with Crippen LogP contribution >= 0.6 is 23.2 Å². The molecule has 0 aliphatic heterocycles. The van der Waals surface area contributed by atoms with Crippen molar-refractivity contribution in [3.63, 3.8) is 0 Å². The van der Waals surface area contributed by atoms with Crippen LogP contribution in [-0.4, -0.2) is 20.1 Å². The number of hydrogen-bond donors (Lipinski definition) is 1. The van der Waals surface area contributed by atoms with Crippen LogP contribution in [0.4, 0.5) is 0 Å². The molecule has 0 spiro atoms. The van der Waals surface area contributed by atoms with Crippen LogP contribution in [0.25, 0.3) is 16.7 Å². The van der Waals surface area contributed by atoms with E-state index in [-0.39, 0.29) is 11.2 Å². The predicted molar refractivity (Wildman–Crippen MR) is 128 cm³/mol. The van der Waals surface area contributed by atoms with Gasteiger partial charge in [0.25, 0.3) is 0 Å². The number of rotatable bonds is 3. The molecule has 1 N–H and O–H groups in total. The molecular weight excluding hydrogens is 429 g/mol. The van der Waals surface area contributed by atoms with E-state index < -0.39 is 5.41 Å². The highest BCUT2D eigenvalue weighted by Gasteiger charge is 2.34. The highest BCUT2D eigenvalue weighted by atomic mass is 35.5. The minimum absolute atomic E-state index is 0.0678. The fraction of sp³-hybridized carbons (Fsp3) is 0.280. The van der Waals surface area contributed by atoms with Crippen LogP contribution in [0.15, 0.2) is 54.6 Å². The minimum Gasteiger partial charge on any atom is -0.505 e. The molecule has 4 rings (SSSR count). The number of hydrogen-bond acceptors (Lipinski definition) is 3. The molecule has 0 amide bonds. The summed E-state index contributed by atoms with van der Waals surface area (Å²) in [5, 5.41) is 21.8. The van der Waals surface area contributed by atoms with Crippen LogP contribution in [0, 0.1) is 0 Å². The molecule has 0 fully saturated rings. The van der Waals surface area contributed by atoms with Crippen molar-refractivity contribution in [1.29, 1.82) is 0 Å². The first-order valence-corrected chi connectivity index (χ1v) is 10.9. The lowest BCUT2D eigenvalue weighted by Crippen LogP contribution is -2.23. The van der Waals surface area contributed by atoms with Crippen LogP contribution in [-0.2, 0) is 10.8 Å². The third-order valence-corrected chi connectivity index (χ3v) is 6.33. The molecule has 0 saturated heterocycles. The molecule has 160 valence electrons. The van der Waals surface area contributed by atoms with Gasteiger partial charge in [-0.1, -0.05) is 88.2 Å². The molecule has 4 aromatic rings. The van der Waals surface area contributed by atoms with Gasteiger partial charge in [-0.05, 0) is 40.8 Å². The van der Waals surface area contributed by atoms with Crippen LogP contribution in [0.5, 0.6) is 5.75 Å². The van der Waals surface area contributed by atoms with Crippen LogP contribution in [0.1, 0.15) is 51.3 Å². The molecule has 3 aromatic carbocycles. The zero-order chi connectivity index (χ0) is 22.6. The number of phenols is 1. The topological polar surface area (TPSA) is 50.9 Å². The van der Waals surface area contributed by atoms with Gasteiger partial charge >= 0.3 is 0 Å². The van der Waals surface area contributed by atoms with E-state index in [2.05, 4.69) is 44.8 Å². The van der Waals surface area contributed by atoms with Gasteiger partial charge in [0.1, 0.15) is 22.5 Å². The first-order chi connectivity index (χ1) is 14.5. The summed E-state index contributed by atoms with van der Waals surface area (Å²) in [6, 6.07) is 17.3. The maximum atomic E-state index is 11.5. The molecule has 6 heteroatoms. The Morgan fingerprint density at radius 1 is 0.839 bits per heavy atom. The fourth-order valence-electron chi connectivity index (χ4n) is 3.90. The van der Waals surface area contributed by atoms with Crippen LogP contribution in [0.3, 0.4) is 0 Å². The number of benzene rings is 3. The molecule has 0 saturated carbocycles. The summed E-state index contributed by atoms with van der Waals surface area (Å²) in [6.07, 6.45) is 0. The Kier molecular flexibility index (Phi) is 5.27. The Bertz CT molecular complexity index is 1270. The Balaban J connectivity index is 2.03. The average Bonchev–Trinajstić information content (AvgIpc) is 3.10. The Labute approximate surface area is 192 Å². The summed E-state index contributed by atoms with van der Waals surface area (Å²) >= 11 is 13.1. The standard InChI is InChI=1S/C25H25Cl2N3O/c1-24(2,3)17-14-20(30-28-18-12-11-16(26)13-19(18)29-30)23(31)21(22(17)27)25(4,5)15-9-7-6-8-10-15/h6-14,31H,1-5H3. The van der Waals surface area contributed by atoms with Gasteiger partial charge in [0.15, 0.2) is 0 Å². The number of nitrogens with zero attached hydrogens (tertiary/aromatic N) is 3. The molecule has 0 bridgehead atoms. The van der Waals surface area contributed by atoms with Crippen molar-refractivity contribution >= 4 is 34.2 Å². The molecular formula is C25H25Cl2N3O.